The SMILES string of the molecule is CCN(CC)c1ncnc2c1ncn2[C@H]1CN(Cc2ccc(Cl)cc2)C[C@@H](CO)O1. The lowest BCUT2D eigenvalue weighted by Gasteiger charge is -2.38. The van der Waals surface area contributed by atoms with Gasteiger partial charge in [0.2, 0.25) is 0 Å². The number of aliphatic hydroxyl groups excluding tert-OH is 1. The van der Waals surface area contributed by atoms with Gasteiger partial charge in [-0.25, -0.2) is 15.0 Å². The van der Waals surface area contributed by atoms with Gasteiger partial charge >= 0.3 is 0 Å². The zero-order chi connectivity index (χ0) is 21.1. The van der Waals surface area contributed by atoms with Gasteiger partial charge in [0.1, 0.15) is 12.6 Å². The van der Waals surface area contributed by atoms with Gasteiger partial charge in [-0.15, -0.1) is 0 Å². The third kappa shape index (κ3) is 4.27. The summed E-state index contributed by atoms with van der Waals surface area (Å²) in [5.41, 5.74) is 2.67. The average Bonchev–Trinajstić information content (AvgIpc) is 3.21. The third-order valence-electron chi connectivity index (χ3n) is 5.46. The largest absolute Gasteiger partial charge is 0.394 e. The second-order valence-corrected chi connectivity index (χ2v) is 7.85. The monoisotopic (exact) mass is 430 g/mol. The Hall–Kier alpha value is -2.26. The Morgan fingerprint density at radius 2 is 1.90 bits per heavy atom. The summed E-state index contributed by atoms with van der Waals surface area (Å²) in [5, 5.41) is 10.5. The molecule has 0 amide bonds. The molecule has 8 nitrogen and oxygen atoms in total. The molecule has 1 aliphatic heterocycles. The van der Waals surface area contributed by atoms with Crippen molar-refractivity contribution in [2.45, 2.75) is 32.7 Å². The molecule has 1 saturated heterocycles. The maximum absolute atomic E-state index is 9.79. The average molecular weight is 431 g/mol. The summed E-state index contributed by atoms with van der Waals surface area (Å²) >= 11 is 6.01. The van der Waals surface area contributed by atoms with E-state index in [1.807, 2.05) is 28.8 Å². The van der Waals surface area contributed by atoms with Crippen molar-refractivity contribution >= 4 is 28.6 Å². The van der Waals surface area contributed by atoms with E-state index in [1.165, 1.54) is 5.56 Å². The van der Waals surface area contributed by atoms with Gasteiger partial charge in [0, 0.05) is 37.7 Å². The van der Waals surface area contributed by atoms with Crippen LogP contribution in [-0.2, 0) is 11.3 Å². The van der Waals surface area contributed by atoms with Crippen LogP contribution in [0, 0.1) is 0 Å². The van der Waals surface area contributed by atoms with Crippen LogP contribution < -0.4 is 4.90 Å². The first-order chi connectivity index (χ1) is 14.6. The fourth-order valence-corrected chi connectivity index (χ4v) is 4.05. The van der Waals surface area contributed by atoms with Gasteiger partial charge in [-0.1, -0.05) is 23.7 Å². The number of morpholine rings is 1. The van der Waals surface area contributed by atoms with Crippen molar-refractivity contribution in [1.82, 2.24) is 24.4 Å². The molecule has 3 heterocycles. The Labute approximate surface area is 181 Å². The molecule has 30 heavy (non-hydrogen) atoms. The highest BCUT2D eigenvalue weighted by Crippen LogP contribution is 2.28. The Bertz CT molecular complexity index is 975. The van der Waals surface area contributed by atoms with E-state index in [2.05, 4.69) is 38.6 Å². The molecular weight excluding hydrogens is 404 g/mol. The summed E-state index contributed by atoms with van der Waals surface area (Å²) in [4.78, 5) is 18.0. The van der Waals surface area contributed by atoms with E-state index in [4.69, 9.17) is 16.3 Å². The van der Waals surface area contributed by atoms with E-state index in [0.29, 0.717) is 13.1 Å². The molecule has 0 saturated carbocycles. The number of imidazole rings is 1. The van der Waals surface area contributed by atoms with Crippen LogP contribution in [0.15, 0.2) is 36.9 Å². The minimum Gasteiger partial charge on any atom is -0.394 e. The van der Waals surface area contributed by atoms with Crippen molar-refractivity contribution in [3.8, 4) is 0 Å². The number of fused-ring (bicyclic) bond motifs is 1. The van der Waals surface area contributed by atoms with Gasteiger partial charge in [0.25, 0.3) is 0 Å². The van der Waals surface area contributed by atoms with E-state index < -0.39 is 0 Å². The number of hydrogen-bond acceptors (Lipinski definition) is 7. The van der Waals surface area contributed by atoms with Gasteiger partial charge in [-0.2, -0.15) is 0 Å². The van der Waals surface area contributed by atoms with Crippen LogP contribution in [0.25, 0.3) is 11.2 Å². The van der Waals surface area contributed by atoms with E-state index in [9.17, 15) is 5.11 Å². The van der Waals surface area contributed by atoms with Crippen LogP contribution in [-0.4, -0.2) is 68.4 Å². The van der Waals surface area contributed by atoms with Gasteiger partial charge < -0.3 is 14.7 Å². The highest BCUT2D eigenvalue weighted by Gasteiger charge is 2.30. The fourth-order valence-electron chi connectivity index (χ4n) is 3.93. The zero-order valence-electron chi connectivity index (χ0n) is 17.3. The highest BCUT2D eigenvalue weighted by molar-refractivity contribution is 6.30. The van der Waals surface area contributed by atoms with Crippen molar-refractivity contribution in [2.75, 3.05) is 37.7 Å². The van der Waals surface area contributed by atoms with Gasteiger partial charge in [0.05, 0.1) is 19.0 Å². The van der Waals surface area contributed by atoms with Crippen LogP contribution in [0.1, 0.15) is 25.6 Å². The van der Waals surface area contributed by atoms with Crippen LogP contribution in [0.4, 0.5) is 5.82 Å². The molecule has 1 aromatic carbocycles. The molecule has 160 valence electrons. The summed E-state index contributed by atoms with van der Waals surface area (Å²) in [6, 6.07) is 7.84. The number of benzene rings is 1. The number of aliphatic hydroxyl groups is 1. The third-order valence-corrected chi connectivity index (χ3v) is 5.71. The van der Waals surface area contributed by atoms with E-state index >= 15 is 0 Å². The molecule has 2 aromatic heterocycles. The lowest BCUT2D eigenvalue weighted by Crippen LogP contribution is -2.46. The Kier molecular flexibility index (Phi) is 6.48. The molecule has 1 fully saturated rings. The smallest absolute Gasteiger partial charge is 0.167 e. The molecule has 2 atom stereocenters. The van der Waals surface area contributed by atoms with Crippen molar-refractivity contribution < 1.29 is 9.84 Å². The Morgan fingerprint density at radius 3 is 2.60 bits per heavy atom. The second-order valence-electron chi connectivity index (χ2n) is 7.41. The number of nitrogens with zero attached hydrogens (tertiary/aromatic N) is 6. The van der Waals surface area contributed by atoms with Gasteiger partial charge in [0.15, 0.2) is 17.0 Å². The van der Waals surface area contributed by atoms with Gasteiger partial charge in [-0.3, -0.25) is 9.47 Å². The van der Waals surface area contributed by atoms with Crippen LogP contribution in [0.3, 0.4) is 0 Å². The van der Waals surface area contributed by atoms with Gasteiger partial charge in [-0.05, 0) is 31.5 Å². The van der Waals surface area contributed by atoms with E-state index in [0.717, 1.165) is 41.6 Å². The molecule has 1 aliphatic rings. The first-order valence-electron chi connectivity index (χ1n) is 10.3. The lowest BCUT2D eigenvalue weighted by atomic mass is 10.2. The summed E-state index contributed by atoms with van der Waals surface area (Å²) in [6.45, 7) is 7.91. The summed E-state index contributed by atoms with van der Waals surface area (Å²) < 4.78 is 8.11. The lowest BCUT2D eigenvalue weighted by molar-refractivity contribution is -0.135. The summed E-state index contributed by atoms with van der Waals surface area (Å²) in [7, 11) is 0. The summed E-state index contributed by atoms with van der Waals surface area (Å²) in [5.74, 6) is 0.830. The number of ether oxygens (including phenoxy) is 1. The molecular formula is C21H27ClN6O2. The predicted octanol–water partition coefficient (Wildman–Crippen LogP) is 2.72. The van der Waals surface area contributed by atoms with Crippen molar-refractivity contribution in [3.05, 3.63) is 47.5 Å². The normalized spacial score (nSPS) is 20.0. The molecule has 0 unspecified atom stereocenters. The summed E-state index contributed by atoms with van der Waals surface area (Å²) in [6.07, 6.45) is 2.76. The number of halogens is 1. The number of hydrogen-bond donors (Lipinski definition) is 1. The minimum absolute atomic E-state index is 0.0417. The molecule has 3 aromatic rings. The second kappa shape index (κ2) is 9.26. The number of aromatic nitrogens is 4. The van der Waals surface area contributed by atoms with Crippen LogP contribution >= 0.6 is 11.6 Å². The highest BCUT2D eigenvalue weighted by atomic mass is 35.5. The molecule has 1 N–H and O–H groups in total. The molecule has 0 bridgehead atoms. The topological polar surface area (TPSA) is 79.5 Å². The molecule has 4 rings (SSSR count). The number of anilines is 1. The van der Waals surface area contributed by atoms with Crippen LogP contribution in [0.5, 0.6) is 0 Å². The molecule has 0 spiro atoms. The maximum atomic E-state index is 9.79. The fraction of sp³-hybridized carbons (Fsp3) is 0.476. The van der Waals surface area contributed by atoms with Crippen molar-refractivity contribution in [2.24, 2.45) is 0 Å². The zero-order valence-corrected chi connectivity index (χ0v) is 18.0. The van der Waals surface area contributed by atoms with Crippen LogP contribution in [0.2, 0.25) is 5.02 Å². The van der Waals surface area contributed by atoms with Crippen molar-refractivity contribution in [3.63, 3.8) is 0 Å². The maximum Gasteiger partial charge on any atom is 0.167 e. The molecule has 9 heteroatoms. The first-order valence-corrected chi connectivity index (χ1v) is 10.7. The predicted molar refractivity (Wildman–Crippen MR) is 117 cm³/mol. The Balaban J connectivity index is 1.61. The molecule has 0 radical (unpaired) electrons. The van der Waals surface area contributed by atoms with Crippen molar-refractivity contribution in [1.29, 1.82) is 0 Å². The Morgan fingerprint density at radius 1 is 1.13 bits per heavy atom. The van der Waals surface area contributed by atoms with E-state index in [-0.39, 0.29) is 18.9 Å². The molecule has 0 aliphatic carbocycles. The quantitative estimate of drug-likeness (QED) is 0.617. The standard InChI is InChI=1S/C21H27ClN6O2/c1-3-27(4-2)20-19-21(24-13-23-20)28(14-25-19)18-11-26(10-17(12-29)30-18)9-15-5-7-16(22)8-6-15/h5-8,13-14,17-18,29H,3-4,9-12H2,1-2H3/t17-,18+/m0/s1. The minimum atomic E-state index is -0.298. The number of rotatable bonds is 7. The van der Waals surface area contributed by atoms with E-state index in [1.54, 1.807) is 12.7 Å². The first kappa shape index (κ1) is 21.0.